The molecule has 70 valence electrons. The molecule has 0 spiro atoms. The van der Waals surface area contributed by atoms with Gasteiger partial charge >= 0.3 is 16.7 Å². The molecule has 0 fully saturated rings. The fourth-order valence-corrected chi connectivity index (χ4v) is 0. The van der Waals surface area contributed by atoms with Gasteiger partial charge < -0.3 is 9.90 Å². The van der Waals surface area contributed by atoms with Crippen LogP contribution in [0, 0.1) is 0 Å². The minimum Gasteiger partial charge on any atom is -0.550 e. The molecule has 0 aromatic heterocycles. The summed E-state index contributed by atoms with van der Waals surface area (Å²) in [6.45, 7) is 0.972. The van der Waals surface area contributed by atoms with Crippen molar-refractivity contribution in [2.45, 2.75) is 6.92 Å². The Labute approximate surface area is 78.5 Å². The molecule has 0 saturated heterocycles. The maximum Gasteiger partial charge on any atom is 0.303 e. The van der Waals surface area contributed by atoms with Crippen molar-refractivity contribution in [1.82, 2.24) is 0 Å². The summed E-state index contributed by atoms with van der Waals surface area (Å²) in [6.07, 6.45) is 0. The summed E-state index contributed by atoms with van der Waals surface area (Å²) in [4.78, 5) is 8.89. The quantitative estimate of drug-likeness (QED) is 0.438. The van der Waals surface area contributed by atoms with E-state index in [9.17, 15) is 0 Å². The molecule has 0 aliphatic carbocycles. The standard InChI is InChI=1S/C2H4O2.2HO2P.Pd/c1-2(3)4;2*1-3-2;/h1H3,(H,3,4);2*3H;/p-1. The summed E-state index contributed by atoms with van der Waals surface area (Å²) in [5.41, 5.74) is 0. The normalized spacial score (nSPS) is 4.45. The molecule has 0 radical (unpaired) electrons. The summed E-state index contributed by atoms with van der Waals surface area (Å²) in [6, 6.07) is 0. The molecule has 6 nitrogen and oxygen atoms in total. The molecule has 9 heteroatoms. The Morgan fingerprint density at radius 1 is 1.09 bits per heavy atom. The number of carboxylic acid groups (broad SMARTS) is 1. The average molecular weight is 293 g/mol. The minimum absolute atomic E-state index is 0. The van der Waals surface area contributed by atoms with Crippen LogP contribution in [0.5, 0.6) is 0 Å². The first-order valence-corrected chi connectivity index (χ1v) is 3.36. The van der Waals surface area contributed by atoms with Crippen molar-refractivity contribution in [2.24, 2.45) is 0 Å². The number of hydrogen-bond donors (Lipinski definition) is 0. The van der Waals surface area contributed by atoms with Crippen LogP contribution in [0.1, 0.15) is 6.92 Å². The van der Waals surface area contributed by atoms with Gasteiger partial charge in [0, 0.05) is 26.4 Å². The topological polar surface area (TPSA) is 108 Å². The van der Waals surface area contributed by atoms with Gasteiger partial charge in [-0.25, -0.2) is 18.3 Å². The van der Waals surface area contributed by atoms with Crippen molar-refractivity contribution in [3.8, 4) is 0 Å². The molecule has 0 amide bonds. The minimum atomic E-state index is -1.42. The molecule has 0 aromatic carbocycles. The predicted molar refractivity (Wildman–Crippen MR) is 30.1 cm³/mol. The SMILES string of the molecule is CC(=O)[O-].O=[PH]=O.O=[PH]=O.[Pd]. The van der Waals surface area contributed by atoms with Gasteiger partial charge in [-0.2, -0.15) is 0 Å². The van der Waals surface area contributed by atoms with Gasteiger partial charge in [0.2, 0.25) is 0 Å². The van der Waals surface area contributed by atoms with Crippen molar-refractivity contribution in [3.05, 3.63) is 0 Å². The van der Waals surface area contributed by atoms with Crippen molar-refractivity contribution < 1.29 is 48.6 Å². The Kier molecular flexibility index (Phi) is 66.5. The molecule has 0 saturated carbocycles. The van der Waals surface area contributed by atoms with Gasteiger partial charge in [0.15, 0.2) is 0 Å². The summed E-state index contributed by atoms with van der Waals surface area (Å²) in [5.74, 6) is -1.08. The maximum atomic E-state index is 8.89. The molecular weight excluding hydrogens is 288 g/mol. The third-order valence-corrected chi connectivity index (χ3v) is 0. The second-order valence-electron chi connectivity index (χ2n) is 0.658. The van der Waals surface area contributed by atoms with E-state index in [0.29, 0.717) is 0 Å². The Hall–Kier alpha value is -0.0677. The summed E-state index contributed by atoms with van der Waals surface area (Å²) in [5, 5.41) is 8.89. The van der Waals surface area contributed by atoms with E-state index in [1.54, 1.807) is 0 Å². The van der Waals surface area contributed by atoms with E-state index in [-0.39, 0.29) is 20.4 Å². The Morgan fingerprint density at radius 3 is 1.09 bits per heavy atom. The van der Waals surface area contributed by atoms with E-state index >= 15 is 0 Å². The molecule has 0 atom stereocenters. The van der Waals surface area contributed by atoms with E-state index < -0.39 is 22.6 Å². The van der Waals surface area contributed by atoms with Crippen molar-refractivity contribution >= 4 is 22.6 Å². The summed E-state index contributed by atoms with van der Waals surface area (Å²) < 4.78 is 33.6. The first-order valence-electron chi connectivity index (χ1n) is 1.72. The van der Waals surface area contributed by atoms with Crippen molar-refractivity contribution in [3.63, 3.8) is 0 Å². The van der Waals surface area contributed by atoms with E-state index in [4.69, 9.17) is 28.2 Å². The van der Waals surface area contributed by atoms with Crippen LogP contribution in [0.4, 0.5) is 0 Å². The maximum absolute atomic E-state index is 8.89. The van der Waals surface area contributed by atoms with Gasteiger partial charge in [-0.3, -0.25) is 0 Å². The third-order valence-electron chi connectivity index (χ3n) is 0. The molecule has 0 aliphatic heterocycles. The Morgan fingerprint density at radius 2 is 1.09 bits per heavy atom. The second kappa shape index (κ2) is 32.6. The van der Waals surface area contributed by atoms with Gasteiger partial charge in [0.25, 0.3) is 0 Å². The fraction of sp³-hybridized carbons (Fsp3) is 0.500. The van der Waals surface area contributed by atoms with Crippen LogP contribution in [-0.4, -0.2) is 5.97 Å². The van der Waals surface area contributed by atoms with Crippen LogP contribution >= 0.6 is 16.7 Å². The van der Waals surface area contributed by atoms with Gasteiger partial charge in [0.05, 0.1) is 0 Å². The van der Waals surface area contributed by atoms with Crippen LogP contribution < -0.4 is 5.11 Å². The van der Waals surface area contributed by atoms with Gasteiger partial charge in [-0.15, -0.1) is 0 Å². The Balaban J connectivity index is -0.0000000325. The first kappa shape index (κ1) is 22.4. The number of rotatable bonds is 0. The largest absolute Gasteiger partial charge is 0.550 e. The van der Waals surface area contributed by atoms with E-state index in [1.165, 1.54) is 0 Å². The average Bonchev–Trinajstić information content (AvgIpc) is 1.65. The predicted octanol–water partition coefficient (Wildman–Crippen LogP) is -0.535. The van der Waals surface area contributed by atoms with Gasteiger partial charge in [-0.05, 0) is 6.92 Å². The van der Waals surface area contributed by atoms with Crippen LogP contribution in [-0.2, 0) is 43.5 Å². The molecule has 0 aliphatic rings. The molecular formula is C2H5O6P2Pd-. The van der Waals surface area contributed by atoms with Crippen molar-refractivity contribution in [1.29, 1.82) is 0 Å². The third kappa shape index (κ3) is 137000. The zero-order valence-corrected chi connectivity index (χ0v) is 8.82. The first-order chi connectivity index (χ1) is 4.56. The summed E-state index contributed by atoms with van der Waals surface area (Å²) in [7, 11) is -2.83. The number of hydrogen-bond acceptors (Lipinski definition) is 6. The molecule has 0 aromatic rings. The van der Waals surface area contributed by atoms with Crippen LogP contribution in [0.25, 0.3) is 0 Å². The monoisotopic (exact) mass is 293 g/mol. The zero-order chi connectivity index (χ0) is 8.99. The number of carbonyl (C=O) groups excluding carboxylic acids is 1. The van der Waals surface area contributed by atoms with Crippen molar-refractivity contribution in [2.75, 3.05) is 0 Å². The van der Waals surface area contributed by atoms with Crippen LogP contribution in [0.3, 0.4) is 0 Å². The summed E-state index contributed by atoms with van der Waals surface area (Å²) >= 11 is 0. The Bertz CT molecular complexity index is 129. The molecule has 0 heterocycles. The number of aliphatic carboxylic acids is 1. The van der Waals surface area contributed by atoms with Gasteiger partial charge in [-0.1, -0.05) is 0 Å². The van der Waals surface area contributed by atoms with Crippen LogP contribution in [0.2, 0.25) is 0 Å². The second-order valence-corrected chi connectivity index (χ2v) is 0.992. The van der Waals surface area contributed by atoms with E-state index in [0.717, 1.165) is 6.92 Å². The molecule has 11 heavy (non-hydrogen) atoms. The smallest absolute Gasteiger partial charge is 0.303 e. The zero-order valence-electron chi connectivity index (χ0n) is 5.27. The number of carbonyl (C=O) groups is 1. The van der Waals surface area contributed by atoms with E-state index in [2.05, 4.69) is 0 Å². The number of carboxylic acids is 1. The molecule has 0 rings (SSSR count). The van der Waals surface area contributed by atoms with Crippen LogP contribution in [0.15, 0.2) is 0 Å². The molecule has 0 bridgehead atoms. The fourth-order valence-electron chi connectivity index (χ4n) is 0. The molecule has 0 N–H and O–H groups in total. The molecule has 0 unspecified atom stereocenters. The van der Waals surface area contributed by atoms with E-state index in [1.807, 2.05) is 0 Å². The van der Waals surface area contributed by atoms with Gasteiger partial charge in [0.1, 0.15) is 0 Å².